The van der Waals surface area contributed by atoms with Crippen LogP contribution < -0.4 is 5.73 Å². The molecular weight excluding hydrogens is 200 g/mol. The summed E-state index contributed by atoms with van der Waals surface area (Å²) >= 11 is 0. The molecule has 1 aliphatic heterocycles. The summed E-state index contributed by atoms with van der Waals surface area (Å²) in [7, 11) is 0. The summed E-state index contributed by atoms with van der Waals surface area (Å²) in [6.45, 7) is 5.50. The molecular formula is C13H20N2O. The van der Waals surface area contributed by atoms with Gasteiger partial charge in [0.05, 0.1) is 18.8 Å². The molecule has 0 aromatic heterocycles. The zero-order valence-corrected chi connectivity index (χ0v) is 9.80. The standard InChI is InChI=1S/C13H20N2O/c1-11-9-15(8-7-14)13(10-16-11)12-5-3-2-4-6-12/h2-6,11,13H,7-10,14H2,1H3. The molecule has 0 spiro atoms. The second-order valence-electron chi connectivity index (χ2n) is 4.35. The lowest BCUT2D eigenvalue weighted by atomic mass is 10.0. The van der Waals surface area contributed by atoms with Crippen LogP contribution in [0.25, 0.3) is 0 Å². The topological polar surface area (TPSA) is 38.5 Å². The van der Waals surface area contributed by atoms with E-state index in [0.717, 1.165) is 19.7 Å². The fourth-order valence-electron chi connectivity index (χ4n) is 2.27. The third-order valence-corrected chi connectivity index (χ3v) is 3.07. The van der Waals surface area contributed by atoms with Crippen LogP contribution in [0.2, 0.25) is 0 Å². The van der Waals surface area contributed by atoms with Crippen molar-refractivity contribution in [1.29, 1.82) is 0 Å². The Bertz CT molecular complexity index is 315. The molecule has 2 N–H and O–H groups in total. The van der Waals surface area contributed by atoms with Crippen LogP contribution in [0.15, 0.2) is 30.3 Å². The van der Waals surface area contributed by atoms with Crippen molar-refractivity contribution in [2.75, 3.05) is 26.2 Å². The van der Waals surface area contributed by atoms with Crippen molar-refractivity contribution >= 4 is 0 Å². The molecule has 1 aromatic carbocycles. The van der Waals surface area contributed by atoms with Crippen molar-refractivity contribution < 1.29 is 4.74 Å². The van der Waals surface area contributed by atoms with Crippen LogP contribution in [0.5, 0.6) is 0 Å². The van der Waals surface area contributed by atoms with Gasteiger partial charge in [0.25, 0.3) is 0 Å². The van der Waals surface area contributed by atoms with Gasteiger partial charge in [-0.3, -0.25) is 4.90 Å². The molecule has 16 heavy (non-hydrogen) atoms. The zero-order valence-electron chi connectivity index (χ0n) is 9.80. The lowest BCUT2D eigenvalue weighted by Crippen LogP contribution is -2.45. The first-order valence-corrected chi connectivity index (χ1v) is 5.92. The molecule has 0 aliphatic carbocycles. The Labute approximate surface area is 97.2 Å². The molecule has 3 heteroatoms. The predicted molar refractivity (Wildman–Crippen MR) is 65.2 cm³/mol. The number of hydrogen-bond acceptors (Lipinski definition) is 3. The van der Waals surface area contributed by atoms with Crippen LogP contribution in [0.4, 0.5) is 0 Å². The third kappa shape index (κ3) is 2.61. The van der Waals surface area contributed by atoms with Crippen LogP contribution in [-0.2, 0) is 4.74 Å². The summed E-state index contributed by atoms with van der Waals surface area (Å²) < 4.78 is 5.74. The van der Waals surface area contributed by atoms with E-state index in [2.05, 4.69) is 36.1 Å². The fraction of sp³-hybridized carbons (Fsp3) is 0.538. The number of hydrogen-bond donors (Lipinski definition) is 1. The average molecular weight is 220 g/mol. The number of nitrogens with zero attached hydrogens (tertiary/aromatic N) is 1. The zero-order chi connectivity index (χ0) is 11.4. The molecule has 0 saturated carbocycles. The van der Waals surface area contributed by atoms with E-state index in [0.29, 0.717) is 18.7 Å². The molecule has 2 atom stereocenters. The van der Waals surface area contributed by atoms with E-state index in [9.17, 15) is 0 Å². The fourth-order valence-corrected chi connectivity index (χ4v) is 2.27. The van der Waals surface area contributed by atoms with Crippen LogP contribution in [0.1, 0.15) is 18.5 Å². The molecule has 0 radical (unpaired) electrons. The van der Waals surface area contributed by atoms with Gasteiger partial charge in [-0.1, -0.05) is 30.3 Å². The van der Waals surface area contributed by atoms with Crippen LogP contribution in [0.3, 0.4) is 0 Å². The maximum atomic E-state index is 5.74. The van der Waals surface area contributed by atoms with E-state index in [1.54, 1.807) is 0 Å². The van der Waals surface area contributed by atoms with Gasteiger partial charge in [-0.15, -0.1) is 0 Å². The quantitative estimate of drug-likeness (QED) is 0.837. The Kier molecular flexibility index (Phi) is 3.93. The maximum absolute atomic E-state index is 5.74. The highest BCUT2D eigenvalue weighted by molar-refractivity contribution is 5.19. The molecule has 1 saturated heterocycles. The maximum Gasteiger partial charge on any atom is 0.0675 e. The highest BCUT2D eigenvalue weighted by Gasteiger charge is 2.27. The van der Waals surface area contributed by atoms with E-state index < -0.39 is 0 Å². The van der Waals surface area contributed by atoms with Gasteiger partial charge >= 0.3 is 0 Å². The van der Waals surface area contributed by atoms with Gasteiger partial charge in [0.1, 0.15) is 0 Å². The summed E-state index contributed by atoms with van der Waals surface area (Å²) in [5.74, 6) is 0. The largest absolute Gasteiger partial charge is 0.375 e. The van der Waals surface area contributed by atoms with E-state index in [1.807, 2.05) is 6.07 Å². The van der Waals surface area contributed by atoms with Gasteiger partial charge < -0.3 is 10.5 Å². The van der Waals surface area contributed by atoms with Gasteiger partial charge in [0.2, 0.25) is 0 Å². The molecule has 1 heterocycles. The molecule has 0 bridgehead atoms. The van der Waals surface area contributed by atoms with Gasteiger partial charge in [-0.25, -0.2) is 0 Å². The smallest absolute Gasteiger partial charge is 0.0675 e. The van der Waals surface area contributed by atoms with Gasteiger partial charge in [-0.05, 0) is 12.5 Å². The molecule has 1 aliphatic rings. The van der Waals surface area contributed by atoms with Crippen molar-refractivity contribution in [3.63, 3.8) is 0 Å². The highest BCUT2D eigenvalue weighted by Crippen LogP contribution is 2.25. The van der Waals surface area contributed by atoms with E-state index >= 15 is 0 Å². The third-order valence-electron chi connectivity index (χ3n) is 3.07. The number of rotatable bonds is 3. The number of nitrogens with two attached hydrogens (primary N) is 1. The minimum atomic E-state index is 0.312. The second-order valence-corrected chi connectivity index (χ2v) is 4.35. The molecule has 2 unspecified atom stereocenters. The average Bonchev–Trinajstić information content (AvgIpc) is 2.31. The Morgan fingerprint density at radius 2 is 2.12 bits per heavy atom. The van der Waals surface area contributed by atoms with Crippen LogP contribution >= 0.6 is 0 Å². The lowest BCUT2D eigenvalue weighted by Gasteiger charge is -2.38. The van der Waals surface area contributed by atoms with E-state index in [-0.39, 0.29) is 0 Å². The van der Waals surface area contributed by atoms with E-state index in [4.69, 9.17) is 10.5 Å². The summed E-state index contributed by atoms with van der Waals surface area (Å²) in [6, 6.07) is 10.9. The normalized spacial score (nSPS) is 26.9. The SMILES string of the molecule is CC1CN(CCN)C(c2ccccc2)CO1. The van der Waals surface area contributed by atoms with E-state index in [1.165, 1.54) is 5.56 Å². The molecule has 1 aromatic rings. The van der Waals surface area contributed by atoms with Crippen molar-refractivity contribution in [1.82, 2.24) is 4.90 Å². The second kappa shape index (κ2) is 5.43. The molecule has 0 amide bonds. The summed E-state index contributed by atoms with van der Waals surface area (Å²) in [5.41, 5.74) is 6.98. The Balaban J connectivity index is 2.12. The minimum absolute atomic E-state index is 0.312. The number of ether oxygens (including phenoxy) is 1. The number of benzene rings is 1. The van der Waals surface area contributed by atoms with Crippen molar-refractivity contribution in [3.8, 4) is 0 Å². The van der Waals surface area contributed by atoms with Gasteiger partial charge in [0, 0.05) is 19.6 Å². The van der Waals surface area contributed by atoms with Crippen LogP contribution in [0, 0.1) is 0 Å². The first-order valence-electron chi connectivity index (χ1n) is 5.92. The Morgan fingerprint density at radius 1 is 1.38 bits per heavy atom. The summed E-state index contributed by atoms with van der Waals surface area (Å²) in [4.78, 5) is 2.42. The van der Waals surface area contributed by atoms with Crippen molar-refractivity contribution in [2.24, 2.45) is 5.73 Å². The molecule has 1 fully saturated rings. The Morgan fingerprint density at radius 3 is 2.81 bits per heavy atom. The first-order chi connectivity index (χ1) is 7.81. The molecule has 3 nitrogen and oxygen atoms in total. The number of morpholine rings is 1. The lowest BCUT2D eigenvalue weighted by molar-refractivity contribution is -0.0549. The van der Waals surface area contributed by atoms with Crippen molar-refractivity contribution in [2.45, 2.75) is 19.1 Å². The predicted octanol–water partition coefficient (Wildman–Crippen LogP) is 1.41. The van der Waals surface area contributed by atoms with Crippen molar-refractivity contribution in [3.05, 3.63) is 35.9 Å². The van der Waals surface area contributed by atoms with Gasteiger partial charge in [-0.2, -0.15) is 0 Å². The molecule has 88 valence electrons. The monoisotopic (exact) mass is 220 g/mol. The highest BCUT2D eigenvalue weighted by atomic mass is 16.5. The Hall–Kier alpha value is -0.900. The first kappa shape index (κ1) is 11.6. The minimum Gasteiger partial charge on any atom is -0.375 e. The summed E-state index contributed by atoms with van der Waals surface area (Å²) in [5, 5.41) is 0. The summed E-state index contributed by atoms with van der Waals surface area (Å²) in [6.07, 6.45) is 0.312. The van der Waals surface area contributed by atoms with Crippen LogP contribution in [-0.4, -0.2) is 37.2 Å². The molecule has 2 rings (SSSR count). The van der Waals surface area contributed by atoms with Gasteiger partial charge in [0.15, 0.2) is 0 Å².